The standard InChI is InChI=1S/C24H40O4/c1-14(4-9-22(27)28)18-7-8-19-17-6-5-15-12-16(25)10-11-23(15,2)20(17)13-21(26)24(18,19)3/h14-21,25-26H,4-13H2,1-3H3,(H,27,28)/t14-,15-,16+,17+,18+,19-,20-,21-,23+,24-/m1/s1. The Morgan fingerprint density at radius 1 is 1.04 bits per heavy atom. The smallest absolute Gasteiger partial charge is 0.303 e. The van der Waals surface area contributed by atoms with E-state index in [9.17, 15) is 15.0 Å². The minimum atomic E-state index is -0.707. The van der Waals surface area contributed by atoms with Crippen LogP contribution >= 0.6 is 0 Å². The number of aliphatic hydroxyl groups is 2. The molecule has 0 aliphatic heterocycles. The molecule has 160 valence electrons. The molecular weight excluding hydrogens is 352 g/mol. The molecule has 28 heavy (non-hydrogen) atoms. The summed E-state index contributed by atoms with van der Waals surface area (Å²) >= 11 is 0. The van der Waals surface area contributed by atoms with E-state index in [0.717, 1.165) is 38.5 Å². The van der Waals surface area contributed by atoms with Gasteiger partial charge in [-0.25, -0.2) is 0 Å². The third kappa shape index (κ3) is 3.05. The van der Waals surface area contributed by atoms with Gasteiger partial charge < -0.3 is 15.3 Å². The van der Waals surface area contributed by atoms with Gasteiger partial charge in [-0.1, -0.05) is 20.8 Å². The topological polar surface area (TPSA) is 77.8 Å². The number of hydrogen-bond acceptors (Lipinski definition) is 3. The van der Waals surface area contributed by atoms with Crippen molar-refractivity contribution in [2.45, 2.75) is 97.2 Å². The van der Waals surface area contributed by atoms with Gasteiger partial charge in [-0.3, -0.25) is 4.79 Å². The Morgan fingerprint density at radius 3 is 2.50 bits per heavy atom. The van der Waals surface area contributed by atoms with E-state index >= 15 is 0 Å². The molecule has 0 unspecified atom stereocenters. The molecule has 4 saturated carbocycles. The zero-order valence-electron chi connectivity index (χ0n) is 17.9. The third-order valence-electron chi connectivity index (χ3n) is 10.3. The van der Waals surface area contributed by atoms with Crippen LogP contribution < -0.4 is 0 Å². The quantitative estimate of drug-likeness (QED) is 0.659. The van der Waals surface area contributed by atoms with Gasteiger partial charge in [0.25, 0.3) is 0 Å². The van der Waals surface area contributed by atoms with Gasteiger partial charge in [-0.2, -0.15) is 0 Å². The van der Waals surface area contributed by atoms with Gasteiger partial charge in [-0.15, -0.1) is 0 Å². The maximum Gasteiger partial charge on any atom is 0.303 e. The Bertz CT molecular complexity index is 605. The zero-order chi connectivity index (χ0) is 20.3. The van der Waals surface area contributed by atoms with Crippen molar-refractivity contribution in [3.8, 4) is 0 Å². The predicted molar refractivity (Wildman–Crippen MR) is 109 cm³/mol. The van der Waals surface area contributed by atoms with E-state index in [0.29, 0.717) is 35.5 Å². The first-order chi connectivity index (χ1) is 13.2. The number of fused-ring (bicyclic) bond motifs is 5. The number of carboxylic acids is 1. The fraction of sp³-hybridized carbons (Fsp3) is 0.958. The molecule has 4 aliphatic rings. The van der Waals surface area contributed by atoms with Crippen molar-refractivity contribution >= 4 is 5.97 Å². The van der Waals surface area contributed by atoms with E-state index in [2.05, 4.69) is 20.8 Å². The lowest BCUT2D eigenvalue weighted by Gasteiger charge is -2.62. The number of rotatable bonds is 4. The lowest BCUT2D eigenvalue weighted by atomic mass is 9.43. The SMILES string of the molecule is C[C@H](CCC(=O)O)[C@@H]1CC[C@@H]2[C@@H]3CC[C@@H]4C[C@@H](O)CC[C@]4(C)[C@@H]3C[C@@H](O)[C@@]21C. The monoisotopic (exact) mass is 392 g/mol. The molecule has 10 atom stereocenters. The number of aliphatic hydroxyl groups excluding tert-OH is 2. The first-order valence-corrected chi connectivity index (χ1v) is 11.8. The van der Waals surface area contributed by atoms with E-state index in [1.54, 1.807) is 0 Å². The molecule has 4 heteroatoms. The van der Waals surface area contributed by atoms with Crippen LogP contribution in [-0.2, 0) is 4.79 Å². The van der Waals surface area contributed by atoms with Crippen molar-refractivity contribution in [3.05, 3.63) is 0 Å². The van der Waals surface area contributed by atoms with E-state index in [4.69, 9.17) is 5.11 Å². The van der Waals surface area contributed by atoms with Gasteiger partial charge >= 0.3 is 5.97 Å². The van der Waals surface area contributed by atoms with Crippen LogP contribution in [0.25, 0.3) is 0 Å². The Balaban J connectivity index is 1.56. The Hall–Kier alpha value is -0.610. The molecule has 0 heterocycles. The Morgan fingerprint density at radius 2 is 1.79 bits per heavy atom. The van der Waals surface area contributed by atoms with Crippen LogP contribution in [0, 0.1) is 46.3 Å². The number of carboxylic acid groups (broad SMARTS) is 1. The maximum atomic E-state index is 11.5. The van der Waals surface area contributed by atoms with Crippen molar-refractivity contribution in [3.63, 3.8) is 0 Å². The van der Waals surface area contributed by atoms with Crippen LogP contribution in [0.15, 0.2) is 0 Å². The molecule has 4 nitrogen and oxygen atoms in total. The van der Waals surface area contributed by atoms with Gasteiger partial charge in [0.15, 0.2) is 0 Å². The summed E-state index contributed by atoms with van der Waals surface area (Å²) in [5.74, 6) is 2.55. The van der Waals surface area contributed by atoms with Gasteiger partial charge in [-0.05, 0) is 104 Å². The van der Waals surface area contributed by atoms with Crippen LogP contribution in [0.5, 0.6) is 0 Å². The van der Waals surface area contributed by atoms with Crippen molar-refractivity contribution in [2.24, 2.45) is 46.3 Å². The second kappa shape index (κ2) is 7.27. The Kier molecular flexibility index (Phi) is 5.36. The van der Waals surface area contributed by atoms with Crippen LogP contribution in [0.3, 0.4) is 0 Å². The summed E-state index contributed by atoms with van der Waals surface area (Å²) in [7, 11) is 0. The second-order valence-corrected chi connectivity index (χ2v) is 11.3. The van der Waals surface area contributed by atoms with Gasteiger partial charge in [0.2, 0.25) is 0 Å². The van der Waals surface area contributed by atoms with Crippen molar-refractivity contribution in [1.82, 2.24) is 0 Å². The summed E-state index contributed by atoms with van der Waals surface area (Å²) in [6.45, 7) is 6.99. The maximum absolute atomic E-state index is 11.5. The van der Waals surface area contributed by atoms with Crippen molar-refractivity contribution < 1.29 is 20.1 Å². The van der Waals surface area contributed by atoms with Gasteiger partial charge in [0.05, 0.1) is 12.2 Å². The number of aliphatic carboxylic acids is 1. The summed E-state index contributed by atoms with van der Waals surface area (Å²) in [4.78, 5) is 11.1. The highest BCUT2D eigenvalue weighted by Crippen LogP contribution is 2.68. The molecule has 0 amide bonds. The Labute approximate surface area is 170 Å². The normalized spacial score (nSPS) is 51.7. The molecule has 0 bridgehead atoms. The molecule has 3 N–H and O–H groups in total. The second-order valence-electron chi connectivity index (χ2n) is 11.3. The predicted octanol–water partition coefficient (Wildman–Crippen LogP) is 4.48. The molecule has 0 radical (unpaired) electrons. The largest absolute Gasteiger partial charge is 0.481 e. The van der Waals surface area contributed by atoms with Crippen LogP contribution in [-0.4, -0.2) is 33.5 Å². The lowest BCUT2D eigenvalue weighted by molar-refractivity contribution is -0.175. The van der Waals surface area contributed by atoms with E-state index < -0.39 is 5.97 Å². The summed E-state index contributed by atoms with van der Waals surface area (Å²) < 4.78 is 0. The average molecular weight is 393 g/mol. The average Bonchev–Trinajstić information content (AvgIpc) is 3.00. The third-order valence-corrected chi connectivity index (χ3v) is 10.3. The van der Waals surface area contributed by atoms with Gasteiger partial charge in [0.1, 0.15) is 0 Å². The first-order valence-electron chi connectivity index (χ1n) is 11.8. The highest BCUT2D eigenvalue weighted by atomic mass is 16.4. The van der Waals surface area contributed by atoms with Crippen LogP contribution in [0.1, 0.15) is 85.0 Å². The molecule has 0 aromatic rings. The fourth-order valence-electron chi connectivity index (χ4n) is 8.71. The zero-order valence-corrected chi connectivity index (χ0v) is 17.9. The summed E-state index contributed by atoms with van der Waals surface area (Å²) in [6, 6.07) is 0. The van der Waals surface area contributed by atoms with Crippen molar-refractivity contribution in [1.29, 1.82) is 0 Å². The molecule has 4 aliphatic carbocycles. The van der Waals surface area contributed by atoms with E-state index in [1.807, 2.05) is 0 Å². The first kappa shape index (κ1) is 20.7. The number of carbonyl (C=O) groups is 1. The van der Waals surface area contributed by atoms with Crippen LogP contribution in [0.2, 0.25) is 0 Å². The number of hydrogen-bond donors (Lipinski definition) is 3. The van der Waals surface area contributed by atoms with E-state index in [-0.39, 0.29) is 29.5 Å². The highest BCUT2D eigenvalue weighted by molar-refractivity contribution is 5.66. The molecule has 4 fully saturated rings. The molecule has 0 saturated heterocycles. The molecule has 0 aromatic heterocycles. The summed E-state index contributed by atoms with van der Waals surface area (Å²) in [5, 5.41) is 30.8. The highest BCUT2D eigenvalue weighted by Gasteiger charge is 2.63. The summed E-state index contributed by atoms with van der Waals surface area (Å²) in [6.07, 6.45) is 9.26. The molecular formula is C24H40O4. The summed E-state index contributed by atoms with van der Waals surface area (Å²) in [5.41, 5.74) is 0.216. The minimum Gasteiger partial charge on any atom is -0.481 e. The molecule has 0 spiro atoms. The molecule has 0 aromatic carbocycles. The minimum absolute atomic E-state index is 0.0591. The molecule has 4 rings (SSSR count). The van der Waals surface area contributed by atoms with E-state index in [1.165, 1.54) is 19.3 Å². The fourth-order valence-corrected chi connectivity index (χ4v) is 8.71. The van der Waals surface area contributed by atoms with Crippen LogP contribution in [0.4, 0.5) is 0 Å². The van der Waals surface area contributed by atoms with Gasteiger partial charge in [0, 0.05) is 6.42 Å². The lowest BCUT2D eigenvalue weighted by Crippen LogP contribution is -2.58. The van der Waals surface area contributed by atoms with Crippen molar-refractivity contribution in [2.75, 3.05) is 0 Å².